The van der Waals surface area contributed by atoms with Crippen molar-refractivity contribution in [3.8, 4) is 0 Å². The van der Waals surface area contributed by atoms with Gasteiger partial charge in [0.05, 0.1) is 0 Å². The van der Waals surface area contributed by atoms with Crippen LogP contribution in [0.5, 0.6) is 0 Å². The smallest absolute Gasteiger partial charge is 0.183 e. The van der Waals surface area contributed by atoms with E-state index >= 15 is 0 Å². The van der Waals surface area contributed by atoms with Crippen molar-refractivity contribution in [1.82, 2.24) is 0 Å². The fraction of sp³-hybridized carbons (Fsp3) is 0. The minimum absolute atomic E-state index is 0.333. The number of hydrogen-bond donors (Lipinski definition) is 4. The molecule has 0 aliphatic heterocycles. The molecule has 0 saturated carbocycles. The zero-order chi connectivity index (χ0) is 7.15. The lowest BCUT2D eigenvalue weighted by Gasteiger charge is -1.85. The molecule has 0 aromatic carbocycles. The van der Waals surface area contributed by atoms with Gasteiger partial charge in [-0.3, -0.25) is 14.8 Å². The Morgan fingerprint density at radius 2 is 1.62 bits per heavy atom. The maximum absolute atomic E-state index is 8.78. The summed E-state index contributed by atoms with van der Waals surface area (Å²) in [5, 5.41) is 10.1. The molecule has 0 amide bonds. The van der Waals surface area contributed by atoms with Crippen LogP contribution >= 0.6 is 0 Å². The molecule has 7 N–H and O–H groups in total. The number of nitrogens with two attached hydrogens (primary N) is 3. The minimum atomic E-state index is -2.36. The number of hydrogen-bond acceptors (Lipinski definition) is 3. The summed E-state index contributed by atoms with van der Waals surface area (Å²) in [7, 11) is 0. The van der Waals surface area contributed by atoms with E-state index < -0.39 is 11.3 Å². The second-order valence-corrected chi connectivity index (χ2v) is 1.24. The Morgan fingerprint density at radius 3 is 1.62 bits per heavy atom. The van der Waals surface area contributed by atoms with Gasteiger partial charge in [0.25, 0.3) is 0 Å². The van der Waals surface area contributed by atoms with Crippen molar-refractivity contribution in [3.63, 3.8) is 0 Å². The van der Waals surface area contributed by atoms with Crippen LogP contribution in [0.2, 0.25) is 0 Å². The van der Waals surface area contributed by atoms with Crippen LogP contribution in [0.15, 0.2) is 0 Å². The fourth-order valence-electron chi connectivity index (χ4n) is 0. The van der Waals surface area contributed by atoms with Crippen LogP contribution in [0.3, 0.4) is 0 Å². The highest BCUT2D eigenvalue weighted by atomic mass is 32.2. The predicted molar refractivity (Wildman–Crippen MR) is 29.2 cm³/mol. The molecule has 0 bridgehead atoms. The lowest BCUT2D eigenvalue weighted by atomic mass is 11.1. The molecule has 0 radical (unpaired) electrons. The Bertz CT molecular complexity index is 72.0. The highest BCUT2D eigenvalue weighted by Crippen LogP contribution is 1.33. The topological polar surface area (TPSA) is 142 Å². The zero-order valence-corrected chi connectivity index (χ0v) is 4.77. The molecule has 8 heavy (non-hydrogen) atoms. The van der Waals surface area contributed by atoms with Gasteiger partial charge in [0.1, 0.15) is 0 Å². The first-order chi connectivity index (χ1) is 3.46. The summed E-state index contributed by atoms with van der Waals surface area (Å²) in [5.74, 6) is -0.333. The van der Waals surface area contributed by atoms with Crippen LogP contribution in [0.1, 0.15) is 0 Å². The van der Waals surface area contributed by atoms with E-state index in [2.05, 4.69) is 16.6 Å². The molecule has 0 fully saturated rings. The van der Waals surface area contributed by atoms with Gasteiger partial charge < -0.3 is 16.0 Å². The van der Waals surface area contributed by atoms with Gasteiger partial charge in [0.15, 0.2) is 5.96 Å². The van der Waals surface area contributed by atoms with Crippen LogP contribution in [0.4, 0.5) is 0 Å². The van der Waals surface area contributed by atoms with Crippen molar-refractivity contribution in [2.24, 2.45) is 16.6 Å². The normalized spacial score (nSPS) is 10.8. The van der Waals surface area contributed by atoms with Gasteiger partial charge in [0, 0.05) is 11.3 Å². The van der Waals surface area contributed by atoms with E-state index in [0.717, 1.165) is 0 Å². The molecule has 0 spiro atoms. The molecule has 0 aromatic rings. The maximum Gasteiger partial charge on any atom is 0.183 e. The van der Waals surface area contributed by atoms with E-state index in [1.807, 2.05) is 0 Å². The summed E-state index contributed by atoms with van der Waals surface area (Å²) < 4.78 is 17.6. The molecule has 0 aromatic heterocycles. The zero-order valence-electron chi connectivity index (χ0n) is 3.96. The molecule has 0 aliphatic carbocycles. The van der Waals surface area contributed by atoms with Gasteiger partial charge in [-0.15, -0.1) is 0 Å². The third kappa shape index (κ3) is 231. The van der Waals surface area contributed by atoms with Gasteiger partial charge in [0.2, 0.25) is 0 Å². The summed E-state index contributed by atoms with van der Waals surface area (Å²) >= 11 is -2.36. The Balaban J connectivity index is 0. The Hall–Kier alpha value is -0.660. The van der Waals surface area contributed by atoms with E-state index in [0.29, 0.717) is 0 Å². The van der Waals surface area contributed by atoms with Crippen molar-refractivity contribution < 1.29 is 8.76 Å². The molecule has 1 atom stereocenters. The van der Waals surface area contributed by atoms with Gasteiger partial charge in [-0.05, 0) is 0 Å². The summed E-state index contributed by atoms with van der Waals surface area (Å²) in [6, 6.07) is 0. The number of nitrogens with one attached hydrogen (secondary N) is 1. The monoisotopic (exact) mass is 139 g/mol. The van der Waals surface area contributed by atoms with Crippen molar-refractivity contribution in [1.29, 1.82) is 5.41 Å². The van der Waals surface area contributed by atoms with Crippen LogP contribution in [0.25, 0.3) is 0 Å². The van der Waals surface area contributed by atoms with E-state index in [-0.39, 0.29) is 5.96 Å². The largest absolute Gasteiger partial charge is 0.760 e. The van der Waals surface area contributed by atoms with Crippen LogP contribution < -0.4 is 16.6 Å². The summed E-state index contributed by atoms with van der Waals surface area (Å²) in [4.78, 5) is 0. The summed E-state index contributed by atoms with van der Waals surface area (Å²) in [6.07, 6.45) is 0. The van der Waals surface area contributed by atoms with E-state index in [9.17, 15) is 0 Å². The summed E-state index contributed by atoms with van der Waals surface area (Å²) in [6.45, 7) is 0. The first-order valence-electron chi connectivity index (χ1n) is 1.40. The van der Waals surface area contributed by atoms with Crippen molar-refractivity contribution in [2.45, 2.75) is 0 Å². The first kappa shape index (κ1) is 10.3. The lowest BCUT2D eigenvalue weighted by Crippen LogP contribution is -2.20. The molecule has 6 nitrogen and oxygen atoms in total. The second kappa shape index (κ2) is 6.34. The Morgan fingerprint density at radius 1 is 1.62 bits per heavy atom. The maximum atomic E-state index is 8.78. The van der Waals surface area contributed by atoms with Gasteiger partial charge >= 0.3 is 0 Å². The Labute approximate surface area is 49.0 Å². The molecular weight excluding hydrogens is 132 g/mol. The fourth-order valence-corrected chi connectivity index (χ4v) is 0. The average molecular weight is 139 g/mol. The third-order valence-corrected chi connectivity index (χ3v) is 0. The summed E-state index contributed by atoms with van der Waals surface area (Å²) in [5.41, 5.74) is 8.94. The quantitative estimate of drug-likeness (QED) is 0.168. The molecule has 7 heteroatoms. The molecule has 0 saturated heterocycles. The molecule has 1 unspecified atom stereocenters. The van der Waals surface area contributed by atoms with Gasteiger partial charge in [-0.1, -0.05) is 0 Å². The predicted octanol–water partition coefficient (Wildman–Crippen LogP) is -2.42. The van der Waals surface area contributed by atoms with E-state index in [1.165, 1.54) is 0 Å². The standard InChI is InChI=1S/CH5N3.H3NO2S/c2-1(3)4;1-4(2)3/h(H5,2,3,4);1H2,(H,2,3)/p-1. The van der Waals surface area contributed by atoms with E-state index in [1.54, 1.807) is 0 Å². The molecule has 0 heterocycles. The number of rotatable bonds is 0. The Kier molecular flexibility index (Phi) is 8.20. The van der Waals surface area contributed by atoms with Crippen molar-refractivity contribution in [2.75, 3.05) is 0 Å². The number of guanidine groups is 1. The second-order valence-electron chi connectivity index (χ2n) is 0.716. The van der Waals surface area contributed by atoms with Crippen LogP contribution in [0, 0.1) is 5.41 Å². The highest BCUT2D eigenvalue weighted by Gasteiger charge is 1.52. The van der Waals surface area contributed by atoms with Gasteiger partial charge in [-0.2, -0.15) is 0 Å². The molecule has 50 valence electrons. The SMILES string of the molecule is N=C(N)N.NS(=O)[O-]. The lowest BCUT2D eigenvalue weighted by molar-refractivity contribution is 0.539. The first-order valence-corrected chi connectivity index (χ1v) is 2.53. The average Bonchev–Trinajstić information content (AvgIpc) is 1.25. The van der Waals surface area contributed by atoms with E-state index in [4.69, 9.17) is 14.2 Å². The molecule has 0 aliphatic rings. The third-order valence-electron chi connectivity index (χ3n) is 0. The van der Waals surface area contributed by atoms with Gasteiger partial charge in [-0.25, -0.2) is 0 Å². The molecular formula is CH7N4O2S-. The highest BCUT2D eigenvalue weighted by molar-refractivity contribution is 7.76. The van der Waals surface area contributed by atoms with Crippen LogP contribution in [-0.4, -0.2) is 14.7 Å². The minimum Gasteiger partial charge on any atom is -0.760 e. The van der Waals surface area contributed by atoms with Crippen LogP contribution in [-0.2, 0) is 11.3 Å². The molecule has 0 rings (SSSR count). The van der Waals surface area contributed by atoms with Crippen molar-refractivity contribution in [3.05, 3.63) is 0 Å². The van der Waals surface area contributed by atoms with Crippen molar-refractivity contribution >= 4 is 17.2 Å².